The molecule has 2 aromatic rings. The van der Waals surface area contributed by atoms with Crippen molar-refractivity contribution in [3.63, 3.8) is 0 Å². The van der Waals surface area contributed by atoms with Crippen LogP contribution >= 0.6 is 11.6 Å². The molecule has 0 saturated carbocycles. The zero-order valence-electron chi connectivity index (χ0n) is 9.86. The molecule has 0 aliphatic heterocycles. The second-order valence-electron chi connectivity index (χ2n) is 3.74. The molecule has 3 nitrogen and oxygen atoms in total. The van der Waals surface area contributed by atoms with Gasteiger partial charge in [-0.1, -0.05) is 17.7 Å². The van der Waals surface area contributed by atoms with E-state index in [2.05, 4.69) is 4.98 Å². The van der Waals surface area contributed by atoms with E-state index in [0.29, 0.717) is 0 Å². The van der Waals surface area contributed by atoms with Crippen molar-refractivity contribution in [1.82, 2.24) is 4.98 Å². The van der Waals surface area contributed by atoms with Crippen molar-refractivity contribution in [3.8, 4) is 0 Å². The van der Waals surface area contributed by atoms with Crippen LogP contribution in [0.1, 0.15) is 10.4 Å². The predicted octanol–water partition coefficient (Wildman–Crippen LogP) is 3.68. The van der Waals surface area contributed by atoms with Crippen LogP contribution in [0.5, 0.6) is 0 Å². The first kappa shape index (κ1) is 15.2. The molecule has 1 amide bonds. The van der Waals surface area contributed by atoms with E-state index in [0.717, 1.165) is 0 Å². The van der Waals surface area contributed by atoms with Crippen LogP contribution < -0.4 is 5.32 Å². The van der Waals surface area contributed by atoms with Crippen molar-refractivity contribution in [1.29, 1.82) is 0 Å². The maximum Gasteiger partial charge on any atom is 0.263 e. The van der Waals surface area contributed by atoms with Gasteiger partial charge in [-0.25, -0.2) is 26.9 Å². The lowest BCUT2D eigenvalue weighted by Gasteiger charge is -2.08. The lowest BCUT2D eigenvalue weighted by Crippen LogP contribution is -2.19. The van der Waals surface area contributed by atoms with Crippen molar-refractivity contribution >= 4 is 23.3 Å². The first-order valence-corrected chi connectivity index (χ1v) is 5.66. The molecule has 0 spiro atoms. The third-order valence-corrected chi connectivity index (χ3v) is 2.60. The number of hydrogen-bond donors (Lipinski definition) is 1. The van der Waals surface area contributed by atoms with Crippen LogP contribution in [0.15, 0.2) is 18.2 Å². The van der Waals surface area contributed by atoms with Gasteiger partial charge in [-0.15, -0.1) is 0 Å². The second-order valence-corrected chi connectivity index (χ2v) is 4.13. The SMILES string of the molecule is O=C(Nc1cccc(Cl)n1)c1c(F)c(F)c(F)c(F)c1F. The summed E-state index contributed by atoms with van der Waals surface area (Å²) in [5.74, 6) is -13.0. The van der Waals surface area contributed by atoms with E-state index in [1.807, 2.05) is 5.32 Å². The molecule has 110 valence electrons. The molecule has 0 saturated heterocycles. The number of hydrogen-bond acceptors (Lipinski definition) is 2. The lowest BCUT2D eigenvalue weighted by molar-refractivity contribution is 0.101. The van der Waals surface area contributed by atoms with Crippen LogP contribution in [0.25, 0.3) is 0 Å². The summed E-state index contributed by atoms with van der Waals surface area (Å²) in [6, 6.07) is 3.94. The highest BCUT2D eigenvalue weighted by Crippen LogP contribution is 2.23. The molecule has 0 aliphatic carbocycles. The first-order valence-electron chi connectivity index (χ1n) is 5.28. The summed E-state index contributed by atoms with van der Waals surface area (Å²) < 4.78 is 65.6. The van der Waals surface area contributed by atoms with Crippen LogP contribution in [0.3, 0.4) is 0 Å². The van der Waals surface area contributed by atoms with Gasteiger partial charge >= 0.3 is 0 Å². The monoisotopic (exact) mass is 322 g/mol. The number of anilines is 1. The van der Waals surface area contributed by atoms with E-state index in [1.165, 1.54) is 18.2 Å². The highest BCUT2D eigenvalue weighted by atomic mass is 35.5. The van der Waals surface area contributed by atoms with E-state index < -0.39 is 40.6 Å². The van der Waals surface area contributed by atoms with Gasteiger partial charge in [-0.2, -0.15) is 0 Å². The van der Waals surface area contributed by atoms with Gasteiger partial charge in [-0.05, 0) is 12.1 Å². The zero-order valence-corrected chi connectivity index (χ0v) is 10.6. The average molecular weight is 323 g/mol. The number of carbonyl (C=O) groups is 1. The standard InChI is InChI=1S/C12H4ClF5N2O/c13-4-2-1-3-5(19-4)20-12(21)6-7(14)9(16)11(18)10(17)8(6)15/h1-3H,(H,19,20,21). The molecule has 0 fully saturated rings. The lowest BCUT2D eigenvalue weighted by atomic mass is 10.1. The molecule has 21 heavy (non-hydrogen) atoms. The number of amides is 1. The summed E-state index contributed by atoms with van der Waals surface area (Å²) in [4.78, 5) is 15.2. The molecule has 1 aromatic carbocycles. The molecular weight excluding hydrogens is 319 g/mol. The van der Waals surface area contributed by atoms with Crippen LogP contribution in [0.4, 0.5) is 27.8 Å². The van der Waals surface area contributed by atoms with Gasteiger partial charge in [0.2, 0.25) is 5.82 Å². The van der Waals surface area contributed by atoms with E-state index in [1.54, 1.807) is 0 Å². The molecule has 1 aromatic heterocycles. The summed E-state index contributed by atoms with van der Waals surface area (Å²) in [5.41, 5.74) is -1.60. The van der Waals surface area contributed by atoms with E-state index >= 15 is 0 Å². The van der Waals surface area contributed by atoms with Crippen molar-refractivity contribution in [3.05, 3.63) is 58.0 Å². The Labute approximate surface area is 119 Å². The Morgan fingerprint density at radius 3 is 2.00 bits per heavy atom. The van der Waals surface area contributed by atoms with Gasteiger partial charge in [0, 0.05) is 0 Å². The van der Waals surface area contributed by atoms with Gasteiger partial charge in [0.05, 0.1) is 0 Å². The Morgan fingerprint density at radius 1 is 0.952 bits per heavy atom. The number of halogens is 6. The fourth-order valence-electron chi connectivity index (χ4n) is 1.46. The number of rotatable bonds is 2. The van der Waals surface area contributed by atoms with Crippen molar-refractivity contribution in [2.75, 3.05) is 5.32 Å². The molecule has 1 N–H and O–H groups in total. The van der Waals surface area contributed by atoms with Crippen molar-refractivity contribution in [2.45, 2.75) is 0 Å². The number of nitrogens with one attached hydrogen (secondary N) is 1. The number of pyridine rings is 1. The second kappa shape index (κ2) is 5.65. The Bertz CT molecular complexity index is 709. The highest BCUT2D eigenvalue weighted by molar-refractivity contribution is 6.29. The summed E-state index contributed by atoms with van der Waals surface area (Å²) in [6.07, 6.45) is 0. The van der Waals surface area contributed by atoms with Gasteiger partial charge in [0.15, 0.2) is 23.3 Å². The third kappa shape index (κ3) is 2.80. The zero-order chi connectivity index (χ0) is 15.7. The maximum atomic E-state index is 13.4. The summed E-state index contributed by atoms with van der Waals surface area (Å²) in [7, 11) is 0. The number of nitrogens with zero attached hydrogens (tertiary/aromatic N) is 1. The van der Waals surface area contributed by atoms with Crippen LogP contribution in [-0.2, 0) is 0 Å². The van der Waals surface area contributed by atoms with E-state index in [9.17, 15) is 26.7 Å². The Morgan fingerprint density at radius 2 is 1.48 bits per heavy atom. The molecular formula is C12H4ClF5N2O. The fraction of sp³-hybridized carbons (Fsp3) is 0. The number of aromatic nitrogens is 1. The van der Waals surface area contributed by atoms with Crippen molar-refractivity contribution in [2.24, 2.45) is 0 Å². The molecule has 0 bridgehead atoms. The van der Waals surface area contributed by atoms with Crippen molar-refractivity contribution < 1.29 is 26.7 Å². The van der Waals surface area contributed by atoms with E-state index in [-0.39, 0.29) is 11.0 Å². The minimum Gasteiger partial charge on any atom is -0.306 e. The average Bonchev–Trinajstić information content (AvgIpc) is 2.43. The number of carbonyl (C=O) groups excluding carboxylic acids is 1. The maximum absolute atomic E-state index is 13.4. The van der Waals surface area contributed by atoms with Gasteiger partial charge in [-0.3, -0.25) is 4.79 Å². The van der Waals surface area contributed by atoms with Crippen LogP contribution in [0.2, 0.25) is 5.15 Å². The minimum atomic E-state index is -2.34. The Balaban J connectivity index is 2.45. The smallest absolute Gasteiger partial charge is 0.263 e. The van der Waals surface area contributed by atoms with Crippen LogP contribution in [-0.4, -0.2) is 10.9 Å². The van der Waals surface area contributed by atoms with Gasteiger partial charge in [0.25, 0.3) is 5.91 Å². The summed E-state index contributed by atoms with van der Waals surface area (Å²) >= 11 is 5.53. The molecule has 2 rings (SSSR count). The molecule has 0 radical (unpaired) electrons. The normalized spacial score (nSPS) is 10.6. The summed E-state index contributed by atoms with van der Waals surface area (Å²) in [6.45, 7) is 0. The highest BCUT2D eigenvalue weighted by Gasteiger charge is 2.29. The number of benzene rings is 1. The first-order chi connectivity index (χ1) is 9.82. The molecule has 1 heterocycles. The third-order valence-electron chi connectivity index (χ3n) is 2.39. The minimum absolute atomic E-state index is 0.0368. The molecule has 0 unspecified atom stereocenters. The Kier molecular flexibility index (Phi) is 4.08. The Hall–Kier alpha value is -2.22. The molecule has 0 aliphatic rings. The van der Waals surface area contributed by atoms with Crippen LogP contribution in [0, 0.1) is 29.1 Å². The fourth-order valence-corrected chi connectivity index (χ4v) is 1.62. The topological polar surface area (TPSA) is 42.0 Å². The van der Waals surface area contributed by atoms with E-state index in [4.69, 9.17) is 11.6 Å². The quantitative estimate of drug-likeness (QED) is 0.396. The predicted molar refractivity (Wildman–Crippen MR) is 63.4 cm³/mol. The molecule has 0 atom stereocenters. The van der Waals surface area contributed by atoms with Gasteiger partial charge in [0.1, 0.15) is 16.5 Å². The molecule has 9 heteroatoms. The largest absolute Gasteiger partial charge is 0.306 e. The van der Waals surface area contributed by atoms with Gasteiger partial charge < -0.3 is 5.32 Å². The summed E-state index contributed by atoms with van der Waals surface area (Å²) in [5, 5.41) is 1.85.